The molecule has 0 aromatic carbocycles. The number of hydrogen-bond donors (Lipinski definition) is 2. The van der Waals surface area contributed by atoms with E-state index in [0.29, 0.717) is 0 Å². The van der Waals surface area contributed by atoms with Gasteiger partial charge < -0.3 is 14.9 Å². The molecular weight excluding hydrogens is 164 g/mol. The molecule has 1 fully saturated rings. The Bertz CT molecular complexity index is 192. The molecule has 0 heterocycles. The molecule has 0 saturated heterocycles. The van der Waals surface area contributed by atoms with E-state index in [2.05, 4.69) is 0 Å². The molecule has 12 heavy (non-hydrogen) atoms. The van der Waals surface area contributed by atoms with Gasteiger partial charge in [0.2, 0.25) is 0 Å². The fourth-order valence-corrected chi connectivity index (χ4v) is 1.45. The van der Waals surface area contributed by atoms with Crippen molar-refractivity contribution >= 4 is 11.9 Å². The van der Waals surface area contributed by atoms with E-state index in [1.54, 1.807) is 0 Å². The Labute approximate surface area is 68.9 Å². The Morgan fingerprint density at radius 3 is 1.92 bits per heavy atom. The van der Waals surface area contributed by atoms with Gasteiger partial charge in [0.05, 0.1) is 18.4 Å². The predicted octanol–water partition coefficient (Wildman–Crippen LogP) is -0.336. The number of rotatable bonds is 4. The minimum absolute atomic E-state index is 0.202. The average Bonchev–Trinajstić information content (AvgIpc) is 2.63. The van der Waals surface area contributed by atoms with Crippen LogP contribution in [0.1, 0.15) is 0 Å². The summed E-state index contributed by atoms with van der Waals surface area (Å²) in [5.74, 6) is -3.98. The summed E-state index contributed by atoms with van der Waals surface area (Å²) in [4.78, 5) is 20.9. The number of aliphatic carboxylic acids is 2. The van der Waals surface area contributed by atoms with Gasteiger partial charge in [-0.2, -0.15) is 0 Å². The molecule has 5 heteroatoms. The van der Waals surface area contributed by atoms with E-state index in [4.69, 9.17) is 14.9 Å². The van der Waals surface area contributed by atoms with E-state index >= 15 is 0 Å². The minimum atomic E-state index is -1.05. The third kappa shape index (κ3) is 1.40. The van der Waals surface area contributed by atoms with Crippen molar-refractivity contribution in [3.63, 3.8) is 0 Å². The molecule has 0 radical (unpaired) electrons. The summed E-state index contributed by atoms with van der Waals surface area (Å²) >= 11 is 0. The Hall–Kier alpha value is -1.10. The summed E-state index contributed by atoms with van der Waals surface area (Å²) in [6.07, 6.45) is 0. The van der Waals surface area contributed by atoms with Crippen LogP contribution < -0.4 is 0 Å². The molecule has 3 atom stereocenters. The zero-order valence-corrected chi connectivity index (χ0v) is 6.56. The molecule has 0 aromatic rings. The summed E-state index contributed by atoms with van der Waals surface area (Å²) in [7, 11) is 1.43. The summed E-state index contributed by atoms with van der Waals surface area (Å²) in [5, 5.41) is 17.1. The third-order valence-electron chi connectivity index (χ3n) is 2.10. The van der Waals surface area contributed by atoms with Gasteiger partial charge >= 0.3 is 11.9 Å². The van der Waals surface area contributed by atoms with Gasteiger partial charge in [-0.25, -0.2) is 0 Å². The second-order valence-corrected chi connectivity index (χ2v) is 2.85. The predicted molar refractivity (Wildman–Crippen MR) is 37.6 cm³/mol. The lowest BCUT2D eigenvalue weighted by Crippen LogP contribution is -2.05. The average molecular weight is 174 g/mol. The summed E-state index contributed by atoms with van der Waals surface area (Å²) in [5.41, 5.74) is 0. The molecule has 1 rings (SSSR count). The summed E-state index contributed by atoms with van der Waals surface area (Å²) in [6.45, 7) is 0.202. The van der Waals surface area contributed by atoms with Crippen LogP contribution in [-0.4, -0.2) is 35.9 Å². The molecule has 1 aliphatic rings. The van der Waals surface area contributed by atoms with Gasteiger partial charge in [-0.3, -0.25) is 9.59 Å². The molecule has 0 amide bonds. The van der Waals surface area contributed by atoms with E-state index < -0.39 is 23.8 Å². The Kier molecular flexibility index (Phi) is 2.32. The van der Waals surface area contributed by atoms with Crippen LogP contribution in [0.15, 0.2) is 0 Å². The maximum Gasteiger partial charge on any atom is 0.307 e. The highest BCUT2D eigenvalue weighted by atomic mass is 16.5. The van der Waals surface area contributed by atoms with Crippen LogP contribution in [0, 0.1) is 17.8 Å². The van der Waals surface area contributed by atoms with Crippen molar-refractivity contribution in [2.45, 2.75) is 0 Å². The van der Waals surface area contributed by atoms with Gasteiger partial charge in [-0.15, -0.1) is 0 Å². The molecule has 1 saturated carbocycles. The highest BCUT2D eigenvalue weighted by Crippen LogP contribution is 2.46. The lowest BCUT2D eigenvalue weighted by molar-refractivity contribution is -0.144. The number of carboxylic acid groups (broad SMARTS) is 2. The number of ether oxygens (including phenoxy) is 1. The van der Waals surface area contributed by atoms with Crippen LogP contribution in [0.4, 0.5) is 0 Å². The second kappa shape index (κ2) is 3.10. The zero-order chi connectivity index (χ0) is 9.30. The lowest BCUT2D eigenvalue weighted by atomic mass is 10.3. The topological polar surface area (TPSA) is 83.8 Å². The van der Waals surface area contributed by atoms with Crippen LogP contribution in [0.25, 0.3) is 0 Å². The monoisotopic (exact) mass is 174 g/mol. The Balaban J connectivity index is 2.55. The van der Waals surface area contributed by atoms with E-state index in [9.17, 15) is 9.59 Å². The molecule has 0 aromatic heterocycles. The SMILES string of the molecule is COCC1[C@@H](C(=O)O)[C@H]1C(=O)O. The Morgan fingerprint density at radius 1 is 1.25 bits per heavy atom. The van der Waals surface area contributed by atoms with Crippen molar-refractivity contribution < 1.29 is 24.5 Å². The maximum absolute atomic E-state index is 10.4. The maximum atomic E-state index is 10.4. The zero-order valence-electron chi connectivity index (χ0n) is 6.56. The molecule has 1 aliphatic carbocycles. The van der Waals surface area contributed by atoms with E-state index in [1.807, 2.05) is 0 Å². The van der Waals surface area contributed by atoms with Crippen molar-refractivity contribution in [3.05, 3.63) is 0 Å². The van der Waals surface area contributed by atoms with Crippen LogP contribution >= 0.6 is 0 Å². The van der Waals surface area contributed by atoms with Crippen LogP contribution in [0.5, 0.6) is 0 Å². The summed E-state index contributed by atoms with van der Waals surface area (Å²) < 4.78 is 4.70. The largest absolute Gasteiger partial charge is 0.481 e. The van der Waals surface area contributed by atoms with Crippen molar-refractivity contribution in [1.82, 2.24) is 0 Å². The number of methoxy groups -OCH3 is 1. The van der Waals surface area contributed by atoms with Crippen LogP contribution in [0.2, 0.25) is 0 Å². The van der Waals surface area contributed by atoms with Gasteiger partial charge in [-0.05, 0) is 0 Å². The minimum Gasteiger partial charge on any atom is -0.481 e. The molecule has 0 aliphatic heterocycles. The van der Waals surface area contributed by atoms with E-state index in [1.165, 1.54) is 7.11 Å². The second-order valence-electron chi connectivity index (χ2n) is 2.85. The van der Waals surface area contributed by atoms with E-state index in [-0.39, 0.29) is 12.5 Å². The molecule has 68 valence electrons. The van der Waals surface area contributed by atoms with Crippen molar-refractivity contribution in [3.8, 4) is 0 Å². The first kappa shape index (κ1) is 8.99. The first-order chi connectivity index (χ1) is 5.59. The first-order valence-corrected chi connectivity index (χ1v) is 3.54. The summed E-state index contributed by atoms with van der Waals surface area (Å²) in [6, 6.07) is 0. The molecule has 5 nitrogen and oxygen atoms in total. The highest BCUT2D eigenvalue weighted by Gasteiger charge is 2.59. The third-order valence-corrected chi connectivity index (χ3v) is 2.10. The quantitative estimate of drug-likeness (QED) is 0.609. The first-order valence-electron chi connectivity index (χ1n) is 3.54. The van der Waals surface area contributed by atoms with Gasteiger partial charge in [0.15, 0.2) is 0 Å². The van der Waals surface area contributed by atoms with Crippen molar-refractivity contribution in [1.29, 1.82) is 0 Å². The normalized spacial score (nSPS) is 32.9. The molecular formula is C7H10O5. The fourth-order valence-electron chi connectivity index (χ4n) is 1.45. The molecule has 0 bridgehead atoms. The fraction of sp³-hybridized carbons (Fsp3) is 0.714. The number of carbonyl (C=O) groups is 2. The van der Waals surface area contributed by atoms with Crippen LogP contribution in [-0.2, 0) is 14.3 Å². The smallest absolute Gasteiger partial charge is 0.307 e. The Morgan fingerprint density at radius 2 is 1.67 bits per heavy atom. The van der Waals surface area contributed by atoms with Gasteiger partial charge in [0.1, 0.15) is 0 Å². The van der Waals surface area contributed by atoms with E-state index in [0.717, 1.165) is 0 Å². The molecule has 1 unspecified atom stereocenters. The molecule has 2 N–H and O–H groups in total. The number of hydrogen-bond acceptors (Lipinski definition) is 3. The number of carboxylic acids is 2. The standard InChI is InChI=1S/C7H10O5/c1-12-2-3-4(6(8)9)5(3)7(10)11/h3-5H,2H2,1H3,(H,8,9)(H,10,11)/t3?,4-,5+. The highest BCUT2D eigenvalue weighted by molar-refractivity contribution is 5.86. The van der Waals surface area contributed by atoms with Crippen molar-refractivity contribution in [2.24, 2.45) is 17.8 Å². The van der Waals surface area contributed by atoms with Crippen molar-refractivity contribution in [2.75, 3.05) is 13.7 Å². The van der Waals surface area contributed by atoms with Gasteiger partial charge in [0, 0.05) is 13.0 Å². The van der Waals surface area contributed by atoms with Crippen LogP contribution in [0.3, 0.4) is 0 Å². The molecule has 0 spiro atoms. The lowest BCUT2D eigenvalue weighted by Gasteiger charge is -1.92. The van der Waals surface area contributed by atoms with Gasteiger partial charge in [0.25, 0.3) is 0 Å². The van der Waals surface area contributed by atoms with Gasteiger partial charge in [-0.1, -0.05) is 0 Å².